The molecular weight excluding hydrogens is 526 g/mol. The number of fused-ring (bicyclic) bond motifs is 9. The number of carbonyl (C=O) groups excluding carboxylic acids is 1. The minimum absolute atomic E-state index is 0.0285. The smallest absolute Gasteiger partial charge is 0.387 e. The Labute approximate surface area is 225 Å². The third kappa shape index (κ3) is 3.62. The van der Waals surface area contributed by atoms with E-state index < -0.39 is 36.1 Å². The summed E-state index contributed by atoms with van der Waals surface area (Å²) < 4.78 is 33.0. The second-order valence-electron chi connectivity index (χ2n) is 10.5. The summed E-state index contributed by atoms with van der Waals surface area (Å²) in [5, 5.41) is 35.1. The van der Waals surface area contributed by atoms with Gasteiger partial charge in [-0.2, -0.15) is 13.9 Å². The number of pyridine rings is 1. The van der Waals surface area contributed by atoms with Crippen LogP contribution in [-0.2, 0) is 5.54 Å². The molecule has 1 saturated carbocycles. The summed E-state index contributed by atoms with van der Waals surface area (Å²) in [4.78, 5) is 23.3. The van der Waals surface area contributed by atoms with E-state index in [-0.39, 0.29) is 29.0 Å². The van der Waals surface area contributed by atoms with E-state index in [1.165, 1.54) is 22.7 Å². The van der Waals surface area contributed by atoms with Crippen LogP contribution in [0.5, 0.6) is 5.75 Å². The van der Waals surface area contributed by atoms with E-state index in [1.807, 2.05) is 12.1 Å². The summed E-state index contributed by atoms with van der Waals surface area (Å²) in [6.45, 7) is -3.16. The van der Waals surface area contributed by atoms with E-state index in [0.717, 1.165) is 30.5 Å². The number of hydrogen-bond acceptors (Lipinski definition) is 9. The summed E-state index contributed by atoms with van der Waals surface area (Å²) in [5.74, 6) is -1.93. The highest BCUT2D eigenvalue weighted by molar-refractivity contribution is 5.98. The van der Waals surface area contributed by atoms with E-state index in [2.05, 4.69) is 10.1 Å². The molecule has 3 aliphatic rings. The highest BCUT2D eigenvalue weighted by atomic mass is 19.3. The van der Waals surface area contributed by atoms with Crippen molar-refractivity contribution in [2.24, 2.45) is 5.73 Å². The lowest BCUT2D eigenvalue weighted by molar-refractivity contribution is -0.385. The molecule has 40 heavy (non-hydrogen) atoms. The van der Waals surface area contributed by atoms with Crippen LogP contribution >= 0.6 is 0 Å². The Morgan fingerprint density at radius 2 is 1.93 bits per heavy atom. The van der Waals surface area contributed by atoms with Crippen molar-refractivity contribution in [3.8, 4) is 17.0 Å². The van der Waals surface area contributed by atoms with Crippen molar-refractivity contribution in [1.29, 1.82) is 0 Å². The van der Waals surface area contributed by atoms with Gasteiger partial charge in [0, 0.05) is 40.6 Å². The van der Waals surface area contributed by atoms with Gasteiger partial charge in [0.25, 0.3) is 5.91 Å². The fourth-order valence-corrected chi connectivity index (χ4v) is 6.21. The molecule has 1 amide bonds. The maximum Gasteiger partial charge on any atom is 0.387 e. The number of aromatic nitrogens is 4. The number of rotatable bonds is 5. The topological polar surface area (TPSA) is 159 Å². The molecule has 2 bridgehead atoms. The summed E-state index contributed by atoms with van der Waals surface area (Å²) in [6.07, 6.45) is 2.66. The first-order chi connectivity index (χ1) is 19.0. The van der Waals surface area contributed by atoms with Crippen LogP contribution in [0.2, 0.25) is 0 Å². The first-order valence-electron chi connectivity index (χ1n) is 12.8. The van der Waals surface area contributed by atoms with Gasteiger partial charge in [-0.1, -0.05) is 6.07 Å². The highest BCUT2D eigenvalue weighted by Crippen LogP contribution is 2.54. The molecule has 7 rings (SSSR count). The van der Waals surface area contributed by atoms with Gasteiger partial charge in [0.1, 0.15) is 5.75 Å². The fraction of sp³-hybridized carbons (Fsp3) is 0.333. The molecule has 4 heterocycles. The van der Waals surface area contributed by atoms with Crippen LogP contribution in [-0.4, -0.2) is 58.4 Å². The summed E-state index contributed by atoms with van der Waals surface area (Å²) in [5.41, 5.74) is 9.25. The zero-order valence-electron chi connectivity index (χ0n) is 20.9. The average Bonchev–Trinajstić information content (AvgIpc) is 3.39. The number of hydrogen-bond donors (Lipinski definition) is 4. The quantitative estimate of drug-likeness (QED) is 0.274. The molecular formula is C27H24F2N6O5. The van der Waals surface area contributed by atoms with Gasteiger partial charge in [0.05, 0.1) is 28.7 Å². The number of amides is 1. The highest BCUT2D eigenvalue weighted by Gasteiger charge is 2.53. The Hall–Kier alpha value is -4.04. The number of nitrogens with two attached hydrogens (primary N) is 1. The first kappa shape index (κ1) is 25.0. The van der Waals surface area contributed by atoms with Crippen molar-refractivity contribution in [1.82, 2.24) is 24.5 Å². The third-order valence-corrected chi connectivity index (χ3v) is 8.20. The predicted molar refractivity (Wildman–Crippen MR) is 134 cm³/mol. The first-order valence-corrected chi connectivity index (χ1v) is 12.8. The second-order valence-corrected chi connectivity index (χ2v) is 10.5. The van der Waals surface area contributed by atoms with Crippen LogP contribution < -0.4 is 10.5 Å². The van der Waals surface area contributed by atoms with Crippen LogP contribution in [0.4, 0.5) is 8.78 Å². The van der Waals surface area contributed by atoms with Crippen LogP contribution in [0, 0.1) is 0 Å². The number of carbonyl (C=O) groups is 1. The number of aliphatic hydroxyl groups is 3. The van der Waals surface area contributed by atoms with Gasteiger partial charge in [0.2, 0.25) is 0 Å². The van der Waals surface area contributed by atoms with E-state index in [0.29, 0.717) is 21.8 Å². The summed E-state index contributed by atoms with van der Waals surface area (Å²) >= 11 is 0. The molecule has 1 fully saturated rings. The lowest BCUT2D eigenvalue weighted by Crippen LogP contribution is -2.53. The predicted octanol–water partition coefficient (Wildman–Crippen LogP) is 2.35. The molecule has 1 aromatic carbocycles. The second kappa shape index (κ2) is 8.48. The van der Waals surface area contributed by atoms with Crippen LogP contribution in [0.3, 0.4) is 0 Å². The van der Waals surface area contributed by atoms with Crippen molar-refractivity contribution in [3.05, 3.63) is 76.9 Å². The standard InChI is InChI=1S/C27H24F2N6O5/c28-25(29)40-18-4-1-3-14-20(18)15-11-17(35(24(14)36)27(37,38)39)22-21(15)23-32-16(7-10-34(23)33-22)13-5-6-19(31-12-13)26(30)8-2-9-26/h1,3-7,10,12,15,17,25,37-39H,2,8-9,11,30H2. The minimum Gasteiger partial charge on any atom is -0.434 e. The monoisotopic (exact) mass is 550 g/mol. The number of benzene rings is 1. The Kier molecular flexibility index (Phi) is 5.29. The van der Waals surface area contributed by atoms with Crippen molar-refractivity contribution in [2.45, 2.75) is 55.9 Å². The van der Waals surface area contributed by atoms with E-state index >= 15 is 0 Å². The molecule has 206 valence electrons. The molecule has 0 saturated heterocycles. The van der Waals surface area contributed by atoms with Gasteiger partial charge in [-0.05, 0) is 56.0 Å². The van der Waals surface area contributed by atoms with Crippen molar-refractivity contribution >= 4 is 11.6 Å². The maximum atomic E-state index is 13.4. The van der Waals surface area contributed by atoms with Crippen LogP contribution in [0.1, 0.15) is 70.5 Å². The van der Waals surface area contributed by atoms with Gasteiger partial charge >= 0.3 is 12.7 Å². The third-order valence-electron chi connectivity index (χ3n) is 8.20. The molecule has 3 aromatic heterocycles. The van der Waals surface area contributed by atoms with Crippen molar-refractivity contribution in [2.75, 3.05) is 0 Å². The number of nitrogens with zero attached hydrogens (tertiary/aromatic N) is 5. The van der Waals surface area contributed by atoms with Crippen LogP contribution in [0.15, 0.2) is 48.8 Å². The number of ether oxygens (including phenoxy) is 1. The molecule has 13 heteroatoms. The van der Waals surface area contributed by atoms with Gasteiger partial charge in [-0.15, -0.1) is 0 Å². The normalized spacial score (nSPS) is 21.3. The average molecular weight is 551 g/mol. The lowest BCUT2D eigenvalue weighted by Gasteiger charge is -2.37. The maximum absolute atomic E-state index is 13.4. The van der Waals surface area contributed by atoms with Crippen molar-refractivity contribution < 1.29 is 33.6 Å². The molecule has 0 radical (unpaired) electrons. The molecule has 2 atom stereocenters. The molecule has 11 nitrogen and oxygen atoms in total. The molecule has 5 N–H and O–H groups in total. The Morgan fingerprint density at radius 3 is 2.58 bits per heavy atom. The minimum atomic E-state index is -3.54. The summed E-state index contributed by atoms with van der Waals surface area (Å²) in [7, 11) is 0. The molecule has 1 aliphatic heterocycles. The number of halogens is 2. The molecule has 4 aromatic rings. The Balaban J connectivity index is 1.40. The molecule has 0 spiro atoms. The summed E-state index contributed by atoms with van der Waals surface area (Å²) in [6, 6.07) is 8.43. The molecule has 2 unspecified atom stereocenters. The van der Waals surface area contributed by atoms with E-state index in [9.17, 15) is 28.9 Å². The van der Waals surface area contributed by atoms with Crippen LogP contribution in [0.25, 0.3) is 16.9 Å². The SMILES string of the molecule is NC1(c2ccc(-c3ccn4nc5c(c4n3)C3CC5N(C(O)(O)O)C(=O)c4cccc(OC(F)F)c43)cn2)CCC1. The number of alkyl halides is 2. The van der Waals surface area contributed by atoms with Gasteiger partial charge in [-0.3, -0.25) is 14.7 Å². The van der Waals surface area contributed by atoms with Crippen molar-refractivity contribution in [3.63, 3.8) is 0 Å². The Bertz CT molecular complexity index is 1660. The molecule has 2 aliphatic carbocycles. The zero-order valence-corrected chi connectivity index (χ0v) is 20.9. The van der Waals surface area contributed by atoms with Gasteiger partial charge < -0.3 is 25.8 Å². The lowest BCUT2D eigenvalue weighted by atomic mass is 9.75. The van der Waals surface area contributed by atoms with Gasteiger partial charge in [0.15, 0.2) is 5.65 Å². The van der Waals surface area contributed by atoms with E-state index in [4.69, 9.17) is 15.5 Å². The largest absolute Gasteiger partial charge is 0.434 e. The zero-order chi connectivity index (χ0) is 28.0. The van der Waals surface area contributed by atoms with E-state index in [1.54, 1.807) is 18.5 Å². The fourth-order valence-electron chi connectivity index (χ4n) is 6.21. The van der Waals surface area contributed by atoms with Gasteiger partial charge in [-0.25, -0.2) is 9.50 Å². The Morgan fingerprint density at radius 1 is 1.12 bits per heavy atom.